The molecule has 1 amide bonds. The number of aromatic nitrogens is 2. The molecule has 0 radical (unpaired) electrons. The molecule has 1 saturated heterocycles. The van der Waals surface area contributed by atoms with E-state index in [2.05, 4.69) is 36.5 Å². The molecule has 1 fully saturated rings. The Morgan fingerprint density at radius 1 is 1.50 bits per heavy atom. The van der Waals surface area contributed by atoms with E-state index in [0.717, 1.165) is 18.5 Å². The first-order chi connectivity index (χ1) is 9.47. The maximum absolute atomic E-state index is 11.7. The van der Waals surface area contributed by atoms with Crippen molar-refractivity contribution in [3.8, 4) is 0 Å². The van der Waals surface area contributed by atoms with E-state index in [4.69, 9.17) is 0 Å². The van der Waals surface area contributed by atoms with Crippen LogP contribution >= 0.6 is 0 Å². The molecule has 0 spiro atoms. The lowest BCUT2D eigenvalue weighted by molar-refractivity contribution is -0.124. The van der Waals surface area contributed by atoms with Crippen molar-refractivity contribution in [3.05, 3.63) is 18.0 Å². The Bertz CT molecular complexity index is 454. The van der Waals surface area contributed by atoms with Gasteiger partial charge in [0, 0.05) is 31.7 Å². The highest BCUT2D eigenvalue weighted by Crippen LogP contribution is 2.24. The maximum atomic E-state index is 11.7. The van der Waals surface area contributed by atoms with Crippen LogP contribution in [-0.4, -0.2) is 27.8 Å². The summed E-state index contributed by atoms with van der Waals surface area (Å²) in [5.74, 6) is 0.802. The van der Waals surface area contributed by atoms with Gasteiger partial charge in [-0.2, -0.15) is 5.10 Å². The molecule has 112 valence electrons. The largest absolute Gasteiger partial charge is 0.346 e. The minimum atomic E-state index is 0.0124. The van der Waals surface area contributed by atoms with Crippen LogP contribution in [0.25, 0.3) is 0 Å². The number of amides is 1. The van der Waals surface area contributed by atoms with Crippen molar-refractivity contribution in [2.75, 3.05) is 0 Å². The van der Waals surface area contributed by atoms with Gasteiger partial charge in [-0.1, -0.05) is 13.8 Å². The highest BCUT2D eigenvalue weighted by Gasteiger charge is 2.32. The topological polar surface area (TPSA) is 59.0 Å². The second-order valence-corrected chi connectivity index (χ2v) is 6.27. The first kappa shape index (κ1) is 15.0. The summed E-state index contributed by atoms with van der Waals surface area (Å²) in [5.41, 5.74) is 1.06. The quantitative estimate of drug-likeness (QED) is 0.863. The van der Waals surface area contributed by atoms with Gasteiger partial charge < -0.3 is 10.6 Å². The molecule has 5 heteroatoms. The van der Waals surface area contributed by atoms with Crippen LogP contribution in [-0.2, 0) is 11.8 Å². The molecule has 20 heavy (non-hydrogen) atoms. The molecule has 1 aliphatic rings. The lowest BCUT2D eigenvalue weighted by Gasteiger charge is -2.35. The third-order valence-corrected chi connectivity index (χ3v) is 3.90. The van der Waals surface area contributed by atoms with E-state index < -0.39 is 0 Å². The SMILES string of the molecule is CC(C)C[C@H](C)N[C@@H]1CCC(=O)N[C@H]1c1ccnn1C. The molecule has 0 aliphatic carbocycles. The summed E-state index contributed by atoms with van der Waals surface area (Å²) in [6.07, 6.45) is 4.40. The molecule has 0 saturated carbocycles. The zero-order chi connectivity index (χ0) is 14.7. The van der Waals surface area contributed by atoms with Crippen LogP contribution < -0.4 is 10.6 Å². The van der Waals surface area contributed by atoms with Gasteiger partial charge in [-0.3, -0.25) is 9.48 Å². The number of piperidine rings is 1. The summed E-state index contributed by atoms with van der Waals surface area (Å²) in [5, 5.41) is 11.0. The van der Waals surface area contributed by atoms with Gasteiger partial charge in [0.15, 0.2) is 0 Å². The Balaban J connectivity index is 2.09. The molecule has 3 atom stereocenters. The average molecular weight is 278 g/mol. The molecule has 0 unspecified atom stereocenters. The van der Waals surface area contributed by atoms with Gasteiger partial charge in [0.2, 0.25) is 5.91 Å². The molecule has 0 bridgehead atoms. The zero-order valence-electron chi connectivity index (χ0n) is 12.9. The predicted molar refractivity (Wildman–Crippen MR) is 79.2 cm³/mol. The lowest BCUT2D eigenvalue weighted by Crippen LogP contribution is -2.51. The van der Waals surface area contributed by atoms with Crippen molar-refractivity contribution in [3.63, 3.8) is 0 Å². The van der Waals surface area contributed by atoms with Crippen molar-refractivity contribution in [1.82, 2.24) is 20.4 Å². The van der Waals surface area contributed by atoms with E-state index in [0.29, 0.717) is 18.4 Å². The van der Waals surface area contributed by atoms with Crippen molar-refractivity contribution < 1.29 is 4.79 Å². The van der Waals surface area contributed by atoms with E-state index in [1.54, 1.807) is 6.20 Å². The Labute approximate surface area is 121 Å². The fourth-order valence-corrected chi connectivity index (χ4v) is 3.09. The fourth-order valence-electron chi connectivity index (χ4n) is 3.09. The minimum Gasteiger partial charge on any atom is -0.346 e. The van der Waals surface area contributed by atoms with Crippen LogP contribution in [0.15, 0.2) is 12.3 Å². The van der Waals surface area contributed by atoms with Crippen molar-refractivity contribution >= 4 is 5.91 Å². The highest BCUT2D eigenvalue weighted by atomic mass is 16.1. The fraction of sp³-hybridized carbons (Fsp3) is 0.733. The van der Waals surface area contributed by atoms with Crippen molar-refractivity contribution in [1.29, 1.82) is 0 Å². The third kappa shape index (κ3) is 3.60. The number of nitrogens with zero attached hydrogens (tertiary/aromatic N) is 2. The van der Waals surface area contributed by atoms with Crippen molar-refractivity contribution in [2.45, 2.75) is 58.2 Å². The Morgan fingerprint density at radius 3 is 2.85 bits per heavy atom. The standard InChI is InChI=1S/C15H26N4O/c1-10(2)9-11(3)17-12-5-6-14(20)18-15(12)13-7-8-16-19(13)4/h7-8,10-12,15,17H,5-6,9H2,1-4H3,(H,18,20)/t11-,12+,15+/m0/s1. The van der Waals surface area contributed by atoms with Crippen molar-refractivity contribution in [2.24, 2.45) is 13.0 Å². The lowest BCUT2D eigenvalue weighted by atomic mass is 9.93. The molecule has 1 aromatic rings. The molecule has 2 rings (SSSR count). The van der Waals surface area contributed by atoms with Gasteiger partial charge >= 0.3 is 0 Å². The van der Waals surface area contributed by atoms with E-state index in [1.807, 2.05) is 17.8 Å². The number of nitrogens with one attached hydrogen (secondary N) is 2. The van der Waals surface area contributed by atoms with Crippen LogP contribution in [0.1, 0.15) is 51.8 Å². The maximum Gasteiger partial charge on any atom is 0.220 e. The second-order valence-electron chi connectivity index (χ2n) is 6.27. The molecular weight excluding hydrogens is 252 g/mol. The van der Waals surface area contributed by atoms with E-state index in [-0.39, 0.29) is 18.0 Å². The molecule has 5 nitrogen and oxygen atoms in total. The summed E-state index contributed by atoms with van der Waals surface area (Å²) >= 11 is 0. The average Bonchev–Trinajstić information content (AvgIpc) is 2.76. The monoisotopic (exact) mass is 278 g/mol. The van der Waals surface area contributed by atoms with Crippen LogP contribution in [0.4, 0.5) is 0 Å². The number of carbonyl (C=O) groups is 1. The van der Waals surface area contributed by atoms with E-state index in [1.165, 1.54) is 0 Å². The number of carbonyl (C=O) groups excluding carboxylic acids is 1. The summed E-state index contributed by atoms with van der Waals surface area (Å²) in [4.78, 5) is 11.7. The smallest absolute Gasteiger partial charge is 0.220 e. The Morgan fingerprint density at radius 2 is 2.25 bits per heavy atom. The van der Waals surface area contributed by atoms with Gasteiger partial charge in [0.1, 0.15) is 0 Å². The molecular formula is C15H26N4O. The minimum absolute atomic E-state index is 0.0124. The second kappa shape index (κ2) is 6.39. The first-order valence-electron chi connectivity index (χ1n) is 7.50. The molecule has 1 aromatic heterocycles. The van der Waals surface area contributed by atoms with Gasteiger partial charge in [-0.25, -0.2) is 0 Å². The number of hydrogen-bond acceptors (Lipinski definition) is 3. The van der Waals surface area contributed by atoms with E-state index in [9.17, 15) is 4.79 Å². The van der Waals surface area contributed by atoms with Crippen LogP contribution in [0.5, 0.6) is 0 Å². The van der Waals surface area contributed by atoms with Crippen LogP contribution in [0, 0.1) is 5.92 Å². The summed E-state index contributed by atoms with van der Waals surface area (Å²) < 4.78 is 1.85. The Hall–Kier alpha value is -1.36. The van der Waals surface area contributed by atoms with Gasteiger partial charge in [0.05, 0.1) is 11.7 Å². The zero-order valence-corrected chi connectivity index (χ0v) is 12.9. The van der Waals surface area contributed by atoms with Gasteiger partial charge in [0.25, 0.3) is 0 Å². The number of hydrogen-bond donors (Lipinski definition) is 2. The number of aryl methyl sites for hydroxylation is 1. The molecule has 0 aromatic carbocycles. The molecule has 2 N–H and O–H groups in total. The van der Waals surface area contributed by atoms with E-state index >= 15 is 0 Å². The summed E-state index contributed by atoms with van der Waals surface area (Å²) in [6, 6.07) is 2.72. The Kier molecular flexibility index (Phi) is 4.81. The third-order valence-electron chi connectivity index (χ3n) is 3.90. The first-order valence-corrected chi connectivity index (χ1v) is 7.50. The van der Waals surface area contributed by atoms with Crippen LogP contribution in [0.2, 0.25) is 0 Å². The summed E-state index contributed by atoms with van der Waals surface area (Å²) in [6.45, 7) is 6.69. The molecule has 1 aliphatic heterocycles. The molecule has 2 heterocycles. The predicted octanol–water partition coefficient (Wildman–Crippen LogP) is 1.76. The number of rotatable bonds is 5. The normalized spacial score (nSPS) is 24.8. The van der Waals surface area contributed by atoms with Gasteiger partial charge in [-0.15, -0.1) is 0 Å². The highest BCUT2D eigenvalue weighted by molar-refractivity contribution is 5.77. The summed E-state index contributed by atoms with van der Waals surface area (Å²) in [7, 11) is 1.92. The van der Waals surface area contributed by atoms with Crippen LogP contribution in [0.3, 0.4) is 0 Å². The van der Waals surface area contributed by atoms with Gasteiger partial charge in [-0.05, 0) is 31.7 Å².